The molecule has 1 aromatic carbocycles. The predicted octanol–water partition coefficient (Wildman–Crippen LogP) is 4.73. The number of benzene rings is 1. The Morgan fingerprint density at radius 2 is 2.05 bits per heavy atom. The number of aryl methyl sites for hydroxylation is 1. The highest BCUT2D eigenvalue weighted by molar-refractivity contribution is 5.26. The van der Waals surface area contributed by atoms with Gasteiger partial charge in [-0.1, -0.05) is 51.5 Å². The van der Waals surface area contributed by atoms with Gasteiger partial charge in [-0.2, -0.15) is 0 Å². The SMILES string of the molecule is CCCNC(Cc1ccccc1C)C1CCCC1(C)C. The molecule has 0 heterocycles. The van der Waals surface area contributed by atoms with Gasteiger partial charge in [0.2, 0.25) is 0 Å². The maximum Gasteiger partial charge on any atom is 0.0141 e. The van der Waals surface area contributed by atoms with Crippen LogP contribution in [0.15, 0.2) is 24.3 Å². The van der Waals surface area contributed by atoms with E-state index in [2.05, 4.69) is 57.3 Å². The summed E-state index contributed by atoms with van der Waals surface area (Å²) in [6.45, 7) is 10.6. The molecule has 0 bridgehead atoms. The zero-order valence-electron chi connectivity index (χ0n) is 13.7. The summed E-state index contributed by atoms with van der Waals surface area (Å²) in [7, 11) is 0. The van der Waals surface area contributed by atoms with Crippen LogP contribution in [0.25, 0.3) is 0 Å². The van der Waals surface area contributed by atoms with Crippen LogP contribution in [0.4, 0.5) is 0 Å². The quantitative estimate of drug-likeness (QED) is 0.790. The summed E-state index contributed by atoms with van der Waals surface area (Å²) in [6, 6.07) is 9.50. The van der Waals surface area contributed by atoms with Gasteiger partial charge in [0.25, 0.3) is 0 Å². The lowest BCUT2D eigenvalue weighted by Gasteiger charge is -2.35. The first-order valence-corrected chi connectivity index (χ1v) is 8.32. The lowest BCUT2D eigenvalue weighted by Crippen LogP contribution is -2.42. The van der Waals surface area contributed by atoms with E-state index in [1.807, 2.05) is 0 Å². The fourth-order valence-electron chi connectivity index (χ4n) is 3.86. The molecule has 0 amide bonds. The molecule has 1 heteroatoms. The molecular weight excluding hydrogens is 242 g/mol. The maximum atomic E-state index is 3.84. The molecule has 0 aromatic heterocycles. The van der Waals surface area contributed by atoms with Crippen molar-refractivity contribution in [1.82, 2.24) is 5.32 Å². The molecule has 0 aliphatic heterocycles. The molecule has 2 unspecified atom stereocenters. The zero-order valence-corrected chi connectivity index (χ0v) is 13.7. The Kier molecular flexibility index (Phi) is 5.26. The molecular formula is C19H31N. The third kappa shape index (κ3) is 3.63. The highest BCUT2D eigenvalue weighted by Gasteiger charge is 2.39. The number of hydrogen-bond acceptors (Lipinski definition) is 1. The van der Waals surface area contributed by atoms with Gasteiger partial charge in [-0.3, -0.25) is 0 Å². The highest BCUT2D eigenvalue weighted by atomic mass is 14.9. The number of nitrogens with one attached hydrogen (secondary N) is 1. The topological polar surface area (TPSA) is 12.0 Å². The van der Waals surface area contributed by atoms with E-state index in [-0.39, 0.29) is 0 Å². The monoisotopic (exact) mass is 273 g/mol. The van der Waals surface area contributed by atoms with E-state index in [9.17, 15) is 0 Å². The van der Waals surface area contributed by atoms with E-state index in [0.29, 0.717) is 11.5 Å². The second-order valence-corrected chi connectivity index (χ2v) is 7.18. The normalized spacial score (nSPS) is 22.9. The molecule has 2 rings (SSSR count). The molecule has 2 atom stereocenters. The van der Waals surface area contributed by atoms with E-state index in [0.717, 1.165) is 12.5 Å². The molecule has 1 N–H and O–H groups in total. The Morgan fingerprint density at radius 3 is 2.65 bits per heavy atom. The molecule has 0 radical (unpaired) electrons. The van der Waals surface area contributed by atoms with Crippen molar-refractivity contribution in [1.29, 1.82) is 0 Å². The third-order valence-corrected chi connectivity index (χ3v) is 5.18. The Bertz CT molecular complexity index is 422. The molecule has 1 aliphatic carbocycles. The first-order chi connectivity index (χ1) is 9.54. The molecule has 20 heavy (non-hydrogen) atoms. The molecule has 1 fully saturated rings. The van der Waals surface area contributed by atoms with Crippen LogP contribution < -0.4 is 5.32 Å². The Labute approximate surface area is 125 Å². The number of hydrogen-bond donors (Lipinski definition) is 1. The first kappa shape index (κ1) is 15.6. The van der Waals surface area contributed by atoms with E-state index in [1.165, 1.54) is 43.2 Å². The van der Waals surface area contributed by atoms with Crippen LogP contribution in [0, 0.1) is 18.3 Å². The van der Waals surface area contributed by atoms with Gasteiger partial charge in [0.05, 0.1) is 0 Å². The standard InChI is InChI=1S/C19H31N/c1-5-13-20-18(17-11-8-12-19(17,3)4)14-16-10-7-6-9-15(16)2/h6-7,9-10,17-18,20H,5,8,11-14H2,1-4H3. The number of rotatable bonds is 6. The van der Waals surface area contributed by atoms with Crippen LogP contribution in [-0.2, 0) is 6.42 Å². The summed E-state index contributed by atoms with van der Waals surface area (Å²) in [5, 5.41) is 3.84. The van der Waals surface area contributed by atoms with E-state index in [1.54, 1.807) is 0 Å². The van der Waals surface area contributed by atoms with Crippen molar-refractivity contribution >= 4 is 0 Å². The van der Waals surface area contributed by atoms with Gasteiger partial charge < -0.3 is 5.32 Å². The van der Waals surface area contributed by atoms with Crippen molar-refractivity contribution in [2.45, 2.75) is 65.8 Å². The minimum atomic E-state index is 0.494. The summed E-state index contributed by atoms with van der Waals surface area (Å²) in [5.41, 5.74) is 3.45. The fraction of sp³-hybridized carbons (Fsp3) is 0.684. The largest absolute Gasteiger partial charge is 0.313 e. The summed E-state index contributed by atoms with van der Waals surface area (Å²) in [4.78, 5) is 0. The summed E-state index contributed by atoms with van der Waals surface area (Å²) >= 11 is 0. The molecule has 1 aromatic rings. The van der Waals surface area contributed by atoms with Crippen LogP contribution in [0.2, 0.25) is 0 Å². The maximum absolute atomic E-state index is 3.84. The summed E-state index contributed by atoms with van der Waals surface area (Å²) < 4.78 is 0. The van der Waals surface area contributed by atoms with Gasteiger partial charge in [0, 0.05) is 6.04 Å². The summed E-state index contributed by atoms with van der Waals surface area (Å²) in [5.74, 6) is 0.814. The zero-order chi connectivity index (χ0) is 14.6. The van der Waals surface area contributed by atoms with E-state index in [4.69, 9.17) is 0 Å². The van der Waals surface area contributed by atoms with Crippen LogP contribution in [-0.4, -0.2) is 12.6 Å². The molecule has 0 saturated heterocycles. The molecule has 1 saturated carbocycles. The van der Waals surface area contributed by atoms with Gasteiger partial charge in [0.1, 0.15) is 0 Å². The Hall–Kier alpha value is -0.820. The fourth-order valence-corrected chi connectivity index (χ4v) is 3.86. The van der Waals surface area contributed by atoms with Crippen molar-refractivity contribution < 1.29 is 0 Å². The van der Waals surface area contributed by atoms with Crippen molar-refractivity contribution in [2.75, 3.05) is 6.54 Å². The second kappa shape index (κ2) is 6.76. The lowest BCUT2D eigenvalue weighted by molar-refractivity contribution is 0.195. The van der Waals surface area contributed by atoms with Crippen molar-refractivity contribution in [3.8, 4) is 0 Å². The van der Waals surface area contributed by atoms with E-state index < -0.39 is 0 Å². The second-order valence-electron chi connectivity index (χ2n) is 7.18. The van der Waals surface area contributed by atoms with Gasteiger partial charge in [0.15, 0.2) is 0 Å². The van der Waals surface area contributed by atoms with Crippen LogP contribution in [0.5, 0.6) is 0 Å². The molecule has 1 aliphatic rings. The lowest BCUT2D eigenvalue weighted by atomic mass is 9.75. The summed E-state index contributed by atoms with van der Waals surface area (Å²) in [6.07, 6.45) is 6.57. The average Bonchev–Trinajstić information content (AvgIpc) is 2.76. The van der Waals surface area contributed by atoms with Crippen molar-refractivity contribution in [2.24, 2.45) is 11.3 Å². The van der Waals surface area contributed by atoms with Gasteiger partial charge >= 0.3 is 0 Å². The molecule has 112 valence electrons. The first-order valence-electron chi connectivity index (χ1n) is 8.32. The van der Waals surface area contributed by atoms with Gasteiger partial charge in [-0.15, -0.1) is 0 Å². The van der Waals surface area contributed by atoms with Gasteiger partial charge in [-0.25, -0.2) is 0 Å². The molecule has 1 nitrogen and oxygen atoms in total. The Balaban J connectivity index is 2.13. The van der Waals surface area contributed by atoms with Crippen LogP contribution >= 0.6 is 0 Å². The van der Waals surface area contributed by atoms with Gasteiger partial charge in [-0.05, 0) is 61.6 Å². The molecule has 0 spiro atoms. The highest BCUT2D eigenvalue weighted by Crippen LogP contribution is 2.45. The van der Waals surface area contributed by atoms with Crippen molar-refractivity contribution in [3.63, 3.8) is 0 Å². The van der Waals surface area contributed by atoms with Crippen LogP contribution in [0.3, 0.4) is 0 Å². The predicted molar refractivity (Wildman–Crippen MR) is 88.1 cm³/mol. The van der Waals surface area contributed by atoms with Crippen LogP contribution in [0.1, 0.15) is 57.6 Å². The average molecular weight is 273 g/mol. The third-order valence-electron chi connectivity index (χ3n) is 5.18. The minimum Gasteiger partial charge on any atom is -0.313 e. The smallest absolute Gasteiger partial charge is 0.0141 e. The van der Waals surface area contributed by atoms with E-state index >= 15 is 0 Å². The Morgan fingerprint density at radius 1 is 1.30 bits per heavy atom. The minimum absolute atomic E-state index is 0.494. The van der Waals surface area contributed by atoms with Crippen molar-refractivity contribution in [3.05, 3.63) is 35.4 Å².